The molecule has 0 saturated carbocycles. The molecule has 97 heavy (non-hydrogen) atoms. The van der Waals surface area contributed by atoms with Gasteiger partial charge in [0, 0.05) is 74.0 Å². The fraction of sp³-hybridized carbons (Fsp3) is 0.387. The average Bonchev–Trinajstić information content (AvgIpc) is 1.64. The Balaban J connectivity index is 0.970. The summed E-state index contributed by atoms with van der Waals surface area (Å²) in [5.74, 6) is -4.70. The number of methoxy groups -OCH3 is 1. The van der Waals surface area contributed by atoms with E-state index in [0.29, 0.717) is 58.0 Å². The molecule has 14 N–H and O–H groups in total. The predicted molar refractivity (Wildman–Crippen MR) is 354 cm³/mol. The molecule has 3 aromatic carbocycles. The molecule has 4 heterocycles. The van der Waals surface area contributed by atoms with Crippen molar-refractivity contribution in [1.82, 2.24) is 65.2 Å². The van der Waals surface area contributed by atoms with Crippen LogP contribution in [-0.2, 0) is 56.7 Å². The minimum absolute atomic E-state index is 0.00750. The number of amides is 11. The van der Waals surface area contributed by atoms with Crippen LogP contribution in [0.15, 0.2) is 77.9 Å². The number of nitrogens with two attached hydrogens (primary N) is 3. The Morgan fingerprint density at radius 1 is 0.670 bits per heavy atom. The molecule has 0 aliphatic carbocycles. The molecule has 0 unspecified atom stereocenters. The van der Waals surface area contributed by atoms with Gasteiger partial charge in [0.2, 0.25) is 47.3 Å². The summed E-state index contributed by atoms with van der Waals surface area (Å²) in [6, 6.07) is 12.5. The summed E-state index contributed by atoms with van der Waals surface area (Å²) in [6.07, 6.45) is 3.21. The van der Waals surface area contributed by atoms with Crippen LogP contribution in [0.2, 0.25) is 0 Å². The topological polar surface area (TPSA) is 493 Å². The first-order valence-corrected chi connectivity index (χ1v) is 30.8. The van der Waals surface area contributed by atoms with E-state index in [0.717, 1.165) is 0 Å². The molecule has 0 saturated heterocycles. The summed E-state index contributed by atoms with van der Waals surface area (Å²) in [4.78, 5) is 141. The zero-order chi connectivity index (χ0) is 70.5. The van der Waals surface area contributed by atoms with Gasteiger partial charge in [0.05, 0.1) is 36.1 Å². The van der Waals surface area contributed by atoms with E-state index in [2.05, 4.69) is 67.7 Å². The van der Waals surface area contributed by atoms with E-state index in [1.165, 1.54) is 31.4 Å². The van der Waals surface area contributed by atoms with E-state index in [-0.39, 0.29) is 117 Å². The molecule has 0 bridgehead atoms. The lowest BCUT2D eigenvalue weighted by atomic mass is 10.0. The van der Waals surface area contributed by atoms with E-state index in [1.54, 1.807) is 94.7 Å². The van der Waals surface area contributed by atoms with Gasteiger partial charge in [-0.25, -0.2) is 19.6 Å². The first-order chi connectivity index (χ1) is 46.4. The number of aromatic nitrogens is 8. The van der Waals surface area contributed by atoms with Gasteiger partial charge in [-0.05, 0) is 113 Å². The van der Waals surface area contributed by atoms with Crippen LogP contribution in [-0.4, -0.2) is 150 Å². The summed E-state index contributed by atoms with van der Waals surface area (Å²) in [5, 5.41) is 33.4. The molecule has 35 nitrogen and oxygen atoms in total. The third-order valence-electron chi connectivity index (χ3n) is 14.7. The standard InChI is InChI=1S/C62H78N22O13/c1-8-83-44(26-35(5)78-83)56(90)76-60-73-42-28-38(53(63)87)30-46(95-7)51(42)81(60)23-10-11-24-82-52-43(74-61(82)77-57(91)45-27-36(6)79-84(45)9-2)29-39(54(64)88)31-47(52)96-25-13-21-67-48(85)19-22-69-62(94)97-33-37-15-17-40(18-16-37)71-55(89)41(14-12-20-68-59(65)93)72-58(92)50(34(3)4)75-49(86)32-70-80-66/h10-11,15-18,26-31,34,41,50H,8-9,12-14,19-25,32-33H2,1-7H3,(H2,63,87)(H2,64,88)(H,67,85)(H,69,94)(H,71,89)(H,72,92)(H,75,86)(H3,65,68,93)(H,73,76,90)(H,74,77,91)/b11-10+/t41-,50-/m0/s1. The van der Waals surface area contributed by atoms with Crippen LogP contribution >= 0.6 is 0 Å². The number of aryl methyl sites for hydroxylation is 4. The predicted octanol–water partition coefficient (Wildman–Crippen LogP) is 3.93. The van der Waals surface area contributed by atoms with Gasteiger partial charge in [-0.2, -0.15) is 10.2 Å². The molecule has 4 aromatic heterocycles. The number of rotatable bonds is 35. The van der Waals surface area contributed by atoms with Gasteiger partial charge >= 0.3 is 12.1 Å². The van der Waals surface area contributed by atoms with Gasteiger partial charge in [-0.15, -0.1) is 0 Å². The Hall–Kier alpha value is -12.0. The molecule has 7 rings (SSSR count). The molecule has 0 spiro atoms. The third-order valence-corrected chi connectivity index (χ3v) is 14.7. The fourth-order valence-corrected chi connectivity index (χ4v) is 10.0. The first kappa shape index (κ1) is 72.4. The van der Waals surface area contributed by atoms with Gasteiger partial charge in [0.25, 0.3) is 11.8 Å². The molecule has 2 atom stereocenters. The Morgan fingerprint density at radius 2 is 1.23 bits per heavy atom. The Morgan fingerprint density at radius 3 is 1.75 bits per heavy atom. The maximum atomic E-state index is 14.0. The van der Waals surface area contributed by atoms with Gasteiger partial charge in [-0.1, -0.05) is 43.2 Å². The number of benzene rings is 3. The van der Waals surface area contributed by atoms with Crippen molar-refractivity contribution in [2.75, 3.05) is 55.8 Å². The largest absolute Gasteiger partial charge is 0.494 e. The van der Waals surface area contributed by atoms with E-state index in [9.17, 15) is 47.9 Å². The maximum absolute atomic E-state index is 14.0. The van der Waals surface area contributed by atoms with Crippen LogP contribution in [0.4, 0.5) is 27.2 Å². The fourth-order valence-electron chi connectivity index (χ4n) is 10.0. The van der Waals surface area contributed by atoms with Gasteiger partial charge < -0.3 is 72.4 Å². The number of imidazole rings is 2. The maximum Gasteiger partial charge on any atom is 0.407 e. The number of carbonyl (C=O) groups excluding carboxylic acids is 10. The number of carbonyl (C=O) groups is 10. The van der Waals surface area contributed by atoms with Crippen LogP contribution in [0.1, 0.15) is 112 Å². The highest BCUT2D eigenvalue weighted by molar-refractivity contribution is 6.06. The van der Waals surface area contributed by atoms with Crippen LogP contribution in [0.3, 0.4) is 0 Å². The summed E-state index contributed by atoms with van der Waals surface area (Å²) in [5.41, 5.74) is 29.4. The lowest BCUT2D eigenvalue weighted by Crippen LogP contribution is -2.55. The molecule has 11 amide bonds. The Kier molecular flexibility index (Phi) is 25.5. The van der Waals surface area contributed by atoms with Crippen molar-refractivity contribution >= 4 is 99.0 Å². The molecular formula is C62H78N22O13. The number of nitrogens with one attached hydrogen (secondary N) is 8. The van der Waals surface area contributed by atoms with E-state index in [4.69, 9.17) is 41.9 Å². The van der Waals surface area contributed by atoms with Crippen LogP contribution in [0, 0.1) is 19.8 Å². The number of allylic oxidation sites excluding steroid dienone is 2. The third kappa shape index (κ3) is 19.8. The number of alkyl carbamates (subject to hydrolysis) is 1. The lowest BCUT2D eigenvalue weighted by Gasteiger charge is -2.25. The smallest absolute Gasteiger partial charge is 0.407 e. The number of azide groups is 1. The van der Waals surface area contributed by atoms with Crippen molar-refractivity contribution in [3.05, 3.63) is 123 Å². The second-order valence-corrected chi connectivity index (χ2v) is 22.2. The highest BCUT2D eigenvalue weighted by atomic mass is 16.5. The first-order valence-electron chi connectivity index (χ1n) is 30.8. The SMILES string of the molecule is CCn1nc(C)cc1C(=O)Nc1nc2cc(C(N)=O)cc(OC)c2n1C/C=C/Cn1c(NC(=O)c2cc(C)nn2CC)nc2cc(C(N)=O)cc(OCCCNC(=O)CCNC(=O)OCc3ccc(NC(=O)[C@H](CCCNC(N)=O)NC(=O)[C@@H](NC(=O)CN=[N+]=[N-])C(C)C)cc3)c21. The number of hydrogen-bond acceptors (Lipinski definition) is 18. The highest BCUT2D eigenvalue weighted by Gasteiger charge is 2.30. The number of ether oxygens (including phenoxy) is 3. The minimum Gasteiger partial charge on any atom is -0.494 e. The molecule has 0 aliphatic heterocycles. The minimum atomic E-state index is -1.12. The lowest BCUT2D eigenvalue weighted by molar-refractivity contribution is -0.131. The second kappa shape index (κ2) is 34.2. The monoisotopic (exact) mass is 1340 g/mol. The zero-order valence-electron chi connectivity index (χ0n) is 54.5. The molecular weight excluding hydrogens is 1260 g/mol. The molecule has 0 fully saturated rings. The number of hydrogen-bond donors (Lipinski definition) is 11. The summed E-state index contributed by atoms with van der Waals surface area (Å²) < 4.78 is 23.8. The van der Waals surface area contributed by atoms with E-state index < -0.39 is 83.9 Å². The van der Waals surface area contributed by atoms with Crippen molar-refractivity contribution in [2.45, 2.75) is 112 Å². The van der Waals surface area contributed by atoms with E-state index >= 15 is 0 Å². The van der Waals surface area contributed by atoms with Crippen molar-refractivity contribution in [2.24, 2.45) is 28.2 Å². The normalized spacial score (nSPS) is 11.7. The van der Waals surface area contributed by atoms with Crippen molar-refractivity contribution < 1.29 is 62.2 Å². The number of fused-ring (bicyclic) bond motifs is 2. The number of urea groups is 1. The Bertz CT molecular complexity index is 4160. The summed E-state index contributed by atoms with van der Waals surface area (Å²) in [7, 11) is 1.42. The van der Waals surface area contributed by atoms with Crippen molar-refractivity contribution in [3.8, 4) is 11.5 Å². The number of primary amides is 3. The van der Waals surface area contributed by atoms with Crippen LogP contribution in [0.25, 0.3) is 32.5 Å². The van der Waals surface area contributed by atoms with Gasteiger partial charge in [0.1, 0.15) is 59.2 Å². The molecule has 514 valence electrons. The average molecular weight is 1340 g/mol. The van der Waals surface area contributed by atoms with Gasteiger partial charge in [0.15, 0.2) is 0 Å². The summed E-state index contributed by atoms with van der Waals surface area (Å²) >= 11 is 0. The molecule has 0 aliphatic rings. The molecule has 7 aromatic rings. The number of nitrogens with zero attached hydrogens (tertiary/aromatic N) is 11. The van der Waals surface area contributed by atoms with Crippen LogP contribution in [0.5, 0.6) is 11.5 Å². The van der Waals surface area contributed by atoms with Crippen LogP contribution < -0.4 is 69.2 Å². The van der Waals surface area contributed by atoms with Crippen molar-refractivity contribution in [3.63, 3.8) is 0 Å². The Labute approximate surface area is 554 Å². The highest BCUT2D eigenvalue weighted by Crippen LogP contribution is 2.33. The molecule has 35 heteroatoms. The number of anilines is 3. The summed E-state index contributed by atoms with van der Waals surface area (Å²) in [6.45, 7) is 11.0. The van der Waals surface area contributed by atoms with Crippen molar-refractivity contribution in [1.29, 1.82) is 0 Å². The van der Waals surface area contributed by atoms with E-state index in [1.807, 2.05) is 13.8 Å². The second-order valence-electron chi connectivity index (χ2n) is 22.2. The zero-order valence-corrected chi connectivity index (χ0v) is 54.5. The van der Waals surface area contributed by atoms with Gasteiger partial charge in [-0.3, -0.25) is 58.4 Å². The molecule has 0 radical (unpaired) electrons. The quantitative estimate of drug-likeness (QED) is 0.00881.